The Bertz CT molecular complexity index is 512. The standard InChI is InChI=1S/C12H8ClFN2O2/c13-8-1-4-10(5-2-8)16(12(17)18)11-6-3-9(14)7-15-11/h1-7H,(H,17,18)/p-1. The van der Waals surface area contributed by atoms with E-state index in [1.165, 1.54) is 30.3 Å². The number of nitrogens with zero attached hydrogens (tertiary/aromatic N) is 2. The summed E-state index contributed by atoms with van der Waals surface area (Å²) in [6.45, 7) is 0. The first-order valence-corrected chi connectivity index (χ1v) is 5.34. The highest BCUT2D eigenvalue weighted by atomic mass is 35.5. The Kier molecular flexibility index (Phi) is 3.43. The molecular formula is C12H7ClFN2O2-. The van der Waals surface area contributed by atoms with Gasteiger partial charge < -0.3 is 9.90 Å². The lowest BCUT2D eigenvalue weighted by atomic mass is 10.3. The van der Waals surface area contributed by atoms with Gasteiger partial charge in [-0.1, -0.05) is 11.6 Å². The van der Waals surface area contributed by atoms with Crippen molar-refractivity contribution in [3.63, 3.8) is 0 Å². The average Bonchev–Trinajstić information content (AvgIpc) is 2.34. The third-order valence-corrected chi connectivity index (χ3v) is 2.46. The zero-order valence-electron chi connectivity index (χ0n) is 9.01. The van der Waals surface area contributed by atoms with Crippen LogP contribution >= 0.6 is 11.6 Å². The molecule has 0 unspecified atom stereocenters. The van der Waals surface area contributed by atoms with Gasteiger partial charge in [0.25, 0.3) is 0 Å². The predicted octanol–water partition coefficient (Wildman–Crippen LogP) is 2.36. The van der Waals surface area contributed by atoms with Crippen molar-refractivity contribution >= 4 is 29.2 Å². The lowest BCUT2D eigenvalue weighted by molar-refractivity contribution is -0.245. The smallest absolute Gasteiger partial charge is 0.147 e. The molecule has 1 heterocycles. The topological polar surface area (TPSA) is 56.3 Å². The van der Waals surface area contributed by atoms with Crippen LogP contribution in [-0.4, -0.2) is 11.1 Å². The highest BCUT2D eigenvalue weighted by Crippen LogP contribution is 2.24. The first-order chi connectivity index (χ1) is 8.58. The van der Waals surface area contributed by atoms with E-state index in [0.717, 1.165) is 17.2 Å². The lowest BCUT2D eigenvalue weighted by Gasteiger charge is -2.24. The number of aromatic nitrogens is 1. The number of hydrogen-bond donors (Lipinski definition) is 0. The average molecular weight is 266 g/mol. The van der Waals surface area contributed by atoms with Gasteiger partial charge >= 0.3 is 0 Å². The van der Waals surface area contributed by atoms with Gasteiger partial charge in [0.05, 0.1) is 6.20 Å². The molecule has 0 saturated carbocycles. The maximum atomic E-state index is 12.7. The quantitative estimate of drug-likeness (QED) is 0.837. The number of carbonyl (C=O) groups excluding carboxylic acids is 1. The zero-order chi connectivity index (χ0) is 13.1. The van der Waals surface area contributed by atoms with Crippen molar-refractivity contribution in [1.29, 1.82) is 0 Å². The normalized spacial score (nSPS) is 10.1. The number of rotatable bonds is 2. The monoisotopic (exact) mass is 265 g/mol. The summed E-state index contributed by atoms with van der Waals surface area (Å²) in [5.41, 5.74) is 0.318. The highest BCUT2D eigenvalue weighted by Gasteiger charge is 2.11. The van der Waals surface area contributed by atoms with Crippen LogP contribution in [0.2, 0.25) is 5.02 Å². The number of amides is 1. The molecule has 0 radical (unpaired) electrons. The molecule has 0 atom stereocenters. The summed E-state index contributed by atoms with van der Waals surface area (Å²) in [5.74, 6) is -0.494. The molecule has 1 aromatic heterocycles. The molecule has 2 aromatic rings. The van der Waals surface area contributed by atoms with Crippen molar-refractivity contribution in [1.82, 2.24) is 4.98 Å². The van der Waals surface area contributed by atoms with Gasteiger partial charge in [-0.25, -0.2) is 9.37 Å². The van der Waals surface area contributed by atoms with Gasteiger partial charge in [0.1, 0.15) is 17.7 Å². The molecule has 0 spiro atoms. The molecule has 0 N–H and O–H groups in total. The first kappa shape index (κ1) is 12.3. The number of anilines is 2. The zero-order valence-corrected chi connectivity index (χ0v) is 9.76. The van der Waals surface area contributed by atoms with E-state index in [9.17, 15) is 14.3 Å². The number of carboxylic acid groups (broad SMARTS) is 1. The van der Waals surface area contributed by atoms with Crippen LogP contribution in [0.3, 0.4) is 0 Å². The summed E-state index contributed by atoms with van der Waals surface area (Å²) < 4.78 is 12.7. The van der Waals surface area contributed by atoms with Gasteiger partial charge in [-0.15, -0.1) is 0 Å². The fourth-order valence-electron chi connectivity index (χ4n) is 1.42. The second-order valence-electron chi connectivity index (χ2n) is 3.41. The third kappa shape index (κ3) is 2.57. The Labute approximate surface area is 107 Å². The highest BCUT2D eigenvalue weighted by molar-refractivity contribution is 6.30. The van der Waals surface area contributed by atoms with E-state index < -0.39 is 11.9 Å². The molecule has 1 amide bonds. The van der Waals surface area contributed by atoms with Crippen LogP contribution in [0.4, 0.5) is 20.7 Å². The van der Waals surface area contributed by atoms with Gasteiger partial charge in [-0.3, -0.25) is 4.90 Å². The third-order valence-electron chi connectivity index (χ3n) is 2.21. The van der Waals surface area contributed by atoms with Crippen molar-refractivity contribution in [2.75, 3.05) is 4.90 Å². The fourth-order valence-corrected chi connectivity index (χ4v) is 1.55. The maximum absolute atomic E-state index is 12.7. The second kappa shape index (κ2) is 5.01. The molecule has 0 bridgehead atoms. The number of halogens is 2. The molecule has 0 aliphatic heterocycles. The molecule has 0 fully saturated rings. The predicted molar refractivity (Wildman–Crippen MR) is 63.2 cm³/mol. The number of pyridine rings is 1. The van der Waals surface area contributed by atoms with E-state index in [2.05, 4.69) is 4.98 Å². The number of benzene rings is 1. The SMILES string of the molecule is O=C([O-])N(c1ccc(Cl)cc1)c1ccc(F)cn1. The van der Waals surface area contributed by atoms with Crippen molar-refractivity contribution in [3.8, 4) is 0 Å². The van der Waals surface area contributed by atoms with Crippen LogP contribution in [0.5, 0.6) is 0 Å². The summed E-state index contributed by atoms with van der Waals surface area (Å²) in [7, 11) is 0. The Morgan fingerprint density at radius 2 is 1.89 bits per heavy atom. The molecule has 0 saturated heterocycles. The maximum Gasteiger partial charge on any atom is 0.147 e. The van der Waals surface area contributed by atoms with Crippen LogP contribution in [0, 0.1) is 5.82 Å². The van der Waals surface area contributed by atoms with E-state index in [1.54, 1.807) is 0 Å². The Balaban J connectivity index is 2.43. The van der Waals surface area contributed by atoms with Crippen molar-refractivity contribution < 1.29 is 14.3 Å². The minimum atomic E-state index is -1.46. The summed E-state index contributed by atoms with van der Waals surface area (Å²) >= 11 is 5.72. The molecule has 1 aromatic carbocycles. The Hall–Kier alpha value is -2.14. The van der Waals surface area contributed by atoms with E-state index >= 15 is 0 Å². The molecule has 18 heavy (non-hydrogen) atoms. The minimum Gasteiger partial charge on any atom is -0.529 e. The van der Waals surface area contributed by atoms with E-state index in [4.69, 9.17) is 11.6 Å². The first-order valence-electron chi connectivity index (χ1n) is 4.96. The van der Waals surface area contributed by atoms with E-state index in [1.807, 2.05) is 0 Å². The molecule has 0 aliphatic carbocycles. The van der Waals surface area contributed by atoms with E-state index in [0.29, 0.717) is 10.7 Å². The van der Waals surface area contributed by atoms with Crippen LogP contribution in [0.15, 0.2) is 42.6 Å². The van der Waals surface area contributed by atoms with Crippen LogP contribution < -0.4 is 10.0 Å². The molecular weight excluding hydrogens is 259 g/mol. The van der Waals surface area contributed by atoms with Gasteiger partial charge in [0.15, 0.2) is 0 Å². The Morgan fingerprint density at radius 1 is 1.22 bits per heavy atom. The summed E-state index contributed by atoms with van der Waals surface area (Å²) in [4.78, 5) is 15.6. The fraction of sp³-hybridized carbons (Fsp3) is 0. The molecule has 0 aliphatic rings. The van der Waals surface area contributed by atoms with Crippen molar-refractivity contribution in [3.05, 3.63) is 53.4 Å². The summed E-state index contributed by atoms with van der Waals surface area (Å²) in [6, 6.07) is 8.45. The van der Waals surface area contributed by atoms with Crippen molar-refractivity contribution in [2.45, 2.75) is 0 Å². The molecule has 2 rings (SSSR count). The molecule has 4 nitrogen and oxygen atoms in total. The lowest BCUT2D eigenvalue weighted by Crippen LogP contribution is -2.38. The van der Waals surface area contributed by atoms with Crippen LogP contribution in [0.1, 0.15) is 0 Å². The van der Waals surface area contributed by atoms with Crippen LogP contribution in [0.25, 0.3) is 0 Å². The largest absolute Gasteiger partial charge is 0.529 e. The van der Waals surface area contributed by atoms with E-state index in [-0.39, 0.29) is 5.82 Å². The number of hydrogen-bond acceptors (Lipinski definition) is 3. The van der Waals surface area contributed by atoms with Gasteiger partial charge in [0.2, 0.25) is 0 Å². The summed E-state index contributed by atoms with van der Waals surface area (Å²) in [5, 5.41) is 11.6. The van der Waals surface area contributed by atoms with Gasteiger partial charge in [0, 0.05) is 10.7 Å². The van der Waals surface area contributed by atoms with Gasteiger partial charge in [-0.2, -0.15) is 0 Å². The Morgan fingerprint density at radius 3 is 2.39 bits per heavy atom. The minimum absolute atomic E-state index is 0.0544. The second-order valence-corrected chi connectivity index (χ2v) is 3.85. The molecule has 92 valence electrons. The van der Waals surface area contributed by atoms with Gasteiger partial charge in [-0.05, 0) is 36.4 Å². The van der Waals surface area contributed by atoms with Crippen molar-refractivity contribution in [2.24, 2.45) is 0 Å². The molecule has 6 heteroatoms. The number of carbonyl (C=O) groups is 1. The summed E-state index contributed by atoms with van der Waals surface area (Å²) in [6.07, 6.45) is -0.530. The van der Waals surface area contributed by atoms with Crippen LogP contribution in [-0.2, 0) is 0 Å².